The maximum absolute atomic E-state index is 12.7. The fourth-order valence-corrected chi connectivity index (χ4v) is 4.53. The minimum Gasteiger partial charge on any atom is -0.391 e. The van der Waals surface area contributed by atoms with E-state index in [-0.39, 0.29) is 17.6 Å². The Morgan fingerprint density at radius 2 is 1.96 bits per heavy atom. The van der Waals surface area contributed by atoms with Crippen LogP contribution in [0.1, 0.15) is 37.2 Å². The van der Waals surface area contributed by atoms with Crippen LogP contribution in [0.15, 0.2) is 35.3 Å². The molecule has 6 heteroatoms. The van der Waals surface area contributed by atoms with Gasteiger partial charge in [-0.25, -0.2) is 4.79 Å². The zero-order chi connectivity index (χ0) is 19.6. The zero-order valence-corrected chi connectivity index (χ0v) is 16.7. The average Bonchev–Trinajstić information content (AvgIpc) is 3.38. The van der Waals surface area contributed by atoms with Crippen LogP contribution in [0.5, 0.6) is 0 Å². The molecule has 1 aromatic carbocycles. The van der Waals surface area contributed by atoms with Crippen molar-refractivity contribution in [2.75, 3.05) is 46.4 Å². The first-order valence-corrected chi connectivity index (χ1v) is 10.4. The first-order chi connectivity index (χ1) is 13.6. The highest BCUT2D eigenvalue weighted by Gasteiger charge is 2.39. The normalized spacial score (nSPS) is 28.0. The summed E-state index contributed by atoms with van der Waals surface area (Å²) in [6, 6.07) is 10.6. The second kappa shape index (κ2) is 8.21. The van der Waals surface area contributed by atoms with Gasteiger partial charge in [-0.05, 0) is 31.2 Å². The van der Waals surface area contributed by atoms with Gasteiger partial charge in [-0.2, -0.15) is 0 Å². The Hall–Kier alpha value is -1.92. The monoisotopic (exact) mass is 385 g/mol. The number of aliphatic imine (C=N–C) groups is 1. The van der Waals surface area contributed by atoms with Crippen LogP contribution in [-0.4, -0.2) is 79.2 Å². The Bertz CT molecular complexity index is 713. The number of rotatable bonds is 5. The quantitative estimate of drug-likeness (QED) is 0.847. The molecule has 2 saturated heterocycles. The number of carbonyl (C=O) groups is 1. The number of hydrogen-bond donors (Lipinski definition) is 1. The standard InChI is InChI=1S/C22H31N3O3/c1-28-16-22(15-23-20-13-19(20)17-5-3-2-4-6-17)8-11-24(12-9-22)21(27)25-10-7-18(26)14-25/h2-6,18-19,26H,7-16H2,1H3/t18-,19?/m0/s1. The third-order valence-electron chi connectivity index (χ3n) is 6.45. The first-order valence-electron chi connectivity index (χ1n) is 10.4. The molecule has 2 amide bonds. The van der Waals surface area contributed by atoms with Crippen molar-refractivity contribution in [3.63, 3.8) is 0 Å². The molecule has 2 atom stereocenters. The number of β-amino-alcohol motifs (C(OH)–C–C–N with tert-alkyl or cyclic N) is 1. The molecule has 0 bridgehead atoms. The number of urea groups is 1. The van der Waals surface area contributed by atoms with Crippen LogP contribution in [0.4, 0.5) is 4.79 Å². The van der Waals surface area contributed by atoms with Gasteiger partial charge in [-0.3, -0.25) is 4.99 Å². The number of amides is 2. The Morgan fingerprint density at radius 3 is 2.61 bits per heavy atom. The highest BCUT2D eigenvalue weighted by molar-refractivity contribution is 6.05. The van der Waals surface area contributed by atoms with Crippen molar-refractivity contribution >= 4 is 11.7 Å². The Kier molecular flexibility index (Phi) is 5.69. The van der Waals surface area contributed by atoms with Gasteiger partial charge in [0.1, 0.15) is 0 Å². The van der Waals surface area contributed by atoms with Crippen molar-refractivity contribution in [3.8, 4) is 0 Å². The largest absolute Gasteiger partial charge is 0.391 e. The van der Waals surface area contributed by atoms with Gasteiger partial charge in [0.15, 0.2) is 0 Å². The van der Waals surface area contributed by atoms with Crippen LogP contribution in [0.2, 0.25) is 0 Å². The van der Waals surface area contributed by atoms with Crippen LogP contribution in [0, 0.1) is 5.41 Å². The number of hydrogen-bond acceptors (Lipinski definition) is 4. The van der Waals surface area contributed by atoms with Gasteiger partial charge < -0.3 is 19.6 Å². The number of aliphatic hydroxyl groups is 1. The number of methoxy groups -OCH3 is 1. The maximum atomic E-state index is 12.7. The summed E-state index contributed by atoms with van der Waals surface area (Å²) in [6.45, 7) is 4.07. The topological polar surface area (TPSA) is 65.4 Å². The molecule has 0 aromatic heterocycles. The number of aliphatic hydroxyl groups excluding tert-OH is 1. The molecule has 6 nitrogen and oxygen atoms in total. The molecule has 1 N–H and O–H groups in total. The minimum atomic E-state index is -0.367. The molecule has 1 unspecified atom stereocenters. The third-order valence-corrected chi connectivity index (χ3v) is 6.45. The van der Waals surface area contributed by atoms with Gasteiger partial charge in [0.2, 0.25) is 0 Å². The number of likely N-dealkylation sites (tertiary alicyclic amines) is 2. The summed E-state index contributed by atoms with van der Waals surface area (Å²) in [7, 11) is 1.75. The molecule has 4 rings (SSSR count). The van der Waals surface area contributed by atoms with Crippen LogP contribution in [0.25, 0.3) is 0 Å². The van der Waals surface area contributed by atoms with Crippen molar-refractivity contribution in [3.05, 3.63) is 35.9 Å². The summed E-state index contributed by atoms with van der Waals surface area (Å²) in [4.78, 5) is 21.3. The molecule has 28 heavy (non-hydrogen) atoms. The van der Waals surface area contributed by atoms with Gasteiger partial charge in [-0.1, -0.05) is 30.3 Å². The lowest BCUT2D eigenvalue weighted by atomic mass is 9.79. The van der Waals surface area contributed by atoms with Gasteiger partial charge in [-0.15, -0.1) is 0 Å². The second-order valence-electron chi connectivity index (χ2n) is 8.57. The van der Waals surface area contributed by atoms with E-state index < -0.39 is 0 Å². The van der Waals surface area contributed by atoms with Gasteiger partial charge in [0.25, 0.3) is 0 Å². The van der Waals surface area contributed by atoms with Crippen LogP contribution in [0.3, 0.4) is 0 Å². The third kappa shape index (κ3) is 4.23. The molecular weight excluding hydrogens is 354 g/mol. The van der Waals surface area contributed by atoms with Gasteiger partial charge >= 0.3 is 6.03 Å². The summed E-state index contributed by atoms with van der Waals surface area (Å²) >= 11 is 0. The van der Waals surface area contributed by atoms with Crippen molar-refractivity contribution in [2.24, 2.45) is 10.4 Å². The molecule has 3 fully saturated rings. The van der Waals surface area contributed by atoms with E-state index in [0.29, 0.717) is 32.0 Å². The fraction of sp³-hybridized carbons (Fsp3) is 0.636. The van der Waals surface area contributed by atoms with E-state index >= 15 is 0 Å². The van der Waals surface area contributed by atoms with Crippen molar-refractivity contribution < 1.29 is 14.6 Å². The van der Waals surface area contributed by atoms with E-state index in [1.807, 2.05) is 11.0 Å². The molecule has 0 spiro atoms. The van der Waals surface area contributed by atoms with Crippen molar-refractivity contribution in [2.45, 2.75) is 37.7 Å². The molecule has 2 heterocycles. The van der Waals surface area contributed by atoms with Crippen LogP contribution in [-0.2, 0) is 4.74 Å². The van der Waals surface area contributed by atoms with E-state index in [1.54, 1.807) is 12.0 Å². The number of carbonyl (C=O) groups excluding carboxylic acids is 1. The Morgan fingerprint density at radius 1 is 1.21 bits per heavy atom. The average molecular weight is 386 g/mol. The highest BCUT2D eigenvalue weighted by atomic mass is 16.5. The number of piperidine rings is 1. The van der Waals surface area contributed by atoms with E-state index in [0.717, 1.165) is 38.9 Å². The van der Waals surface area contributed by atoms with E-state index in [4.69, 9.17) is 9.73 Å². The lowest BCUT2D eigenvalue weighted by Crippen LogP contribution is -2.50. The molecule has 0 radical (unpaired) electrons. The predicted molar refractivity (Wildman–Crippen MR) is 109 cm³/mol. The molecule has 152 valence electrons. The molecule has 1 aliphatic carbocycles. The zero-order valence-electron chi connectivity index (χ0n) is 16.7. The Balaban J connectivity index is 1.33. The number of nitrogens with zero attached hydrogens (tertiary/aromatic N) is 3. The molecular formula is C22H31N3O3. The van der Waals surface area contributed by atoms with Crippen molar-refractivity contribution in [1.82, 2.24) is 9.80 Å². The summed E-state index contributed by atoms with van der Waals surface area (Å²) in [5.74, 6) is 0.490. The SMILES string of the molecule is COCC1(CN=C2CC2c2ccccc2)CCN(C(=O)N2CC[C@H](O)C2)CC1. The molecule has 3 aliphatic rings. The molecule has 1 aromatic rings. The Labute approximate surface area is 167 Å². The highest BCUT2D eigenvalue weighted by Crippen LogP contribution is 2.39. The molecule has 1 saturated carbocycles. The summed E-state index contributed by atoms with van der Waals surface area (Å²) in [5, 5.41) is 9.69. The summed E-state index contributed by atoms with van der Waals surface area (Å²) in [5.41, 5.74) is 2.67. The lowest BCUT2D eigenvalue weighted by molar-refractivity contribution is 0.0324. The predicted octanol–water partition coefficient (Wildman–Crippen LogP) is 2.53. The van der Waals surface area contributed by atoms with E-state index in [2.05, 4.69) is 24.3 Å². The fourth-order valence-electron chi connectivity index (χ4n) is 4.53. The molecule has 2 aliphatic heterocycles. The van der Waals surface area contributed by atoms with Gasteiger partial charge in [0.05, 0.1) is 12.7 Å². The number of ether oxygens (including phenoxy) is 1. The summed E-state index contributed by atoms with van der Waals surface area (Å²) in [6.07, 6.45) is 3.21. The van der Waals surface area contributed by atoms with Crippen molar-refractivity contribution in [1.29, 1.82) is 0 Å². The number of benzene rings is 1. The maximum Gasteiger partial charge on any atom is 0.320 e. The van der Waals surface area contributed by atoms with E-state index in [1.165, 1.54) is 11.3 Å². The first kappa shape index (κ1) is 19.4. The van der Waals surface area contributed by atoms with E-state index in [9.17, 15) is 9.90 Å². The summed E-state index contributed by atoms with van der Waals surface area (Å²) < 4.78 is 5.54. The van der Waals surface area contributed by atoms with Crippen LogP contribution >= 0.6 is 0 Å². The lowest BCUT2D eigenvalue weighted by Gasteiger charge is -2.41. The smallest absolute Gasteiger partial charge is 0.320 e. The van der Waals surface area contributed by atoms with Crippen LogP contribution < -0.4 is 0 Å². The minimum absolute atomic E-state index is 0.0207. The second-order valence-corrected chi connectivity index (χ2v) is 8.57. The van der Waals surface area contributed by atoms with Gasteiger partial charge in [0, 0.05) is 56.9 Å².